The van der Waals surface area contributed by atoms with Gasteiger partial charge in [-0.2, -0.15) is 5.10 Å². The average molecular weight is 409 g/mol. The normalized spacial score (nSPS) is 10.7. The molecule has 5 nitrogen and oxygen atoms in total. The number of hydrogen-bond acceptors (Lipinski definition) is 4. The van der Waals surface area contributed by atoms with E-state index in [1.807, 2.05) is 37.3 Å². The van der Waals surface area contributed by atoms with E-state index in [0.29, 0.717) is 34.3 Å². The molecular formula is C23H21ClN2O3. The summed E-state index contributed by atoms with van der Waals surface area (Å²) in [5, 5.41) is 4.38. The Balaban J connectivity index is 1.68. The zero-order valence-electron chi connectivity index (χ0n) is 16.2. The molecule has 0 radical (unpaired) electrons. The molecule has 3 aromatic rings. The topological polar surface area (TPSA) is 59.9 Å². The number of hydrogen-bond donors (Lipinski definition) is 1. The maximum absolute atomic E-state index is 12.0. The average Bonchev–Trinajstić information content (AvgIpc) is 2.74. The van der Waals surface area contributed by atoms with Crippen LogP contribution in [0.15, 0.2) is 71.8 Å². The third kappa shape index (κ3) is 5.59. The Hall–Kier alpha value is -3.31. The SMILES string of the molecule is COc1cc(/C=N\NC(=O)c2ccccc2)cc(Cl)c1OCc1ccc(C)cc1. The lowest BCUT2D eigenvalue weighted by Crippen LogP contribution is -2.17. The zero-order chi connectivity index (χ0) is 20.6. The van der Waals surface area contributed by atoms with Crippen molar-refractivity contribution >= 4 is 23.7 Å². The molecule has 0 saturated heterocycles. The summed E-state index contributed by atoms with van der Waals surface area (Å²) in [6.07, 6.45) is 1.50. The molecule has 0 spiro atoms. The van der Waals surface area contributed by atoms with Crippen molar-refractivity contribution in [2.24, 2.45) is 5.10 Å². The first-order valence-corrected chi connectivity index (χ1v) is 9.39. The molecular weight excluding hydrogens is 388 g/mol. The van der Waals surface area contributed by atoms with Gasteiger partial charge in [0.05, 0.1) is 18.3 Å². The Morgan fingerprint density at radius 3 is 2.52 bits per heavy atom. The van der Waals surface area contributed by atoms with Crippen molar-refractivity contribution in [1.29, 1.82) is 0 Å². The van der Waals surface area contributed by atoms with Gasteiger partial charge in [-0.1, -0.05) is 59.6 Å². The van der Waals surface area contributed by atoms with E-state index in [9.17, 15) is 4.79 Å². The van der Waals surface area contributed by atoms with Crippen LogP contribution in [0.1, 0.15) is 27.0 Å². The summed E-state index contributed by atoms with van der Waals surface area (Å²) in [5.74, 6) is 0.652. The highest BCUT2D eigenvalue weighted by atomic mass is 35.5. The van der Waals surface area contributed by atoms with Gasteiger partial charge in [0, 0.05) is 5.56 Å². The van der Waals surface area contributed by atoms with E-state index < -0.39 is 0 Å². The smallest absolute Gasteiger partial charge is 0.271 e. The molecule has 1 N–H and O–H groups in total. The van der Waals surface area contributed by atoms with E-state index in [4.69, 9.17) is 21.1 Å². The van der Waals surface area contributed by atoms with E-state index in [-0.39, 0.29) is 5.91 Å². The summed E-state index contributed by atoms with van der Waals surface area (Å²) in [6, 6.07) is 20.4. The highest BCUT2D eigenvalue weighted by Crippen LogP contribution is 2.36. The van der Waals surface area contributed by atoms with Crippen LogP contribution >= 0.6 is 11.6 Å². The number of carbonyl (C=O) groups excluding carboxylic acids is 1. The van der Waals surface area contributed by atoms with Crippen molar-refractivity contribution in [3.63, 3.8) is 0 Å². The minimum atomic E-state index is -0.294. The van der Waals surface area contributed by atoms with Gasteiger partial charge < -0.3 is 9.47 Å². The van der Waals surface area contributed by atoms with Gasteiger partial charge >= 0.3 is 0 Å². The van der Waals surface area contributed by atoms with Gasteiger partial charge in [-0.3, -0.25) is 4.79 Å². The first-order valence-electron chi connectivity index (χ1n) is 9.01. The molecule has 0 fully saturated rings. The van der Waals surface area contributed by atoms with Crippen LogP contribution < -0.4 is 14.9 Å². The Kier molecular flexibility index (Phi) is 6.87. The van der Waals surface area contributed by atoms with Crippen LogP contribution in [0.25, 0.3) is 0 Å². The Bertz CT molecular complexity index is 1000. The number of nitrogens with zero attached hydrogens (tertiary/aromatic N) is 1. The molecule has 0 aromatic heterocycles. The minimum Gasteiger partial charge on any atom is -0.493 e. The molecule has 0 heterocycles. The predicted molar refractivity (Wildman–Crippen MR) is 115 cm³/mol. The number of amides is 1. The van der Waals surface area contributed by atoms with Crippen LogP contribution in [0.2, 0.25) is 5.02 Å². The number of carbonyl (C=O) groups is 1. The van der Waals surface area contributed by atoms with E-state index in [1.165, 1.54) is 11.8 Å². The maximum atomic E-state index is 12.0. The number of ether oxygens (including phenoxy) is 2. The number of hydrazone groups is 1. The number of benzene rings is 3. The van der Waals surface area contributed by atoms with Crippen LogP contribution in [0.3, 0.4) is 0 Å². The molecule has 0 bridgehead atoms. The fraction of sp³-hybridized carbons (Fsp3) is 0.130. The predicted octanol–water partition coefficient (Wildman–Crippen LogP) is 5.00. The fourth-order valence-electron chi connectivity index (χ4n) is 2.61. The Labute approximate surface area is 174 Å². The Morgan fingerprint density at radius 1 is 1.10 bits per heavy atom. The van der Waals surface area contributed by atoms with Gasteiger partial charge in [-0.25, -0.2) is 5.43 Å². The second kappa shape index (κ2) is 9.75. The molecule has 0 unspecified atom stereocenters. The molecule has 0 saturated carbocycles. The molecule has 1 amide bonds. The molecule has 6 heteroatoms. The Morgan fingerprint density at radius 2 is 1.83 bits per heavy atom. The summed E-state index contributed by atoms with van der Waals surface area (Å²) < 4.78 is 11.3. The molecule has 3 aromatic carbocycles. The summed E-state index contributed by atoms with van der Waals surface area (Å²) in [5.41, 5.74) is 5.90. The van der Waals surface area contributed by atoms with E-state index in [0.717, 1.165) is 5.56 Å². The zero-order valence-corrected chi connectivity index (χ0v) is 16.9. The van der Waals surface area contributed by atoms with Crippen molar-refractivity contribution in [2.75, 3.05) is 7.11 Å². The van der Waals surface area contributed by atoms with Crippen LogP contribution in [0.5, 0.6) is 11.5 Å². The van der Waals surface area contributed by atoms with Gasteiger partial charge in [0.15, 0.2) is 11.5 Å². The molecule has 0 aliphatic heterocycles. The minimum absolute atomic E-state index is 0.294. The van der Waals surface area contributed by atoms with Crippen molar-refractivity contribution in [3.8, 4) is 11.5 Å². The van der Waals surface area contributed by atoms with E-state index in [2.05, 4.69) is 10.5 Å². The van der Waals surface area contributed by atoms with Gasteiger partial charge in [0.2, 0.25) is 0 Å². The van der Waals surface area contributed by atoms with E-state index in [1.54, 1.807) is 43.5 Å². The second-order valence-electron chi connectivity index (χ2n) is 6.37. The molecule has 0 atom stereocenters. The van der Waals surface area contributed by atoms with Crippen molar-refractivity contribution in [3.05, 3.63) is 94.0 Å². The second-order valence-corrected chi connectivity index (χ2v) is 6.78. The summed E-state index contributed by atoms with van der Waals surface area (Å²) in [6.45, 7) is 2.41. The first kappa shape index (κ1) is 20.4. The number of nitrogens with one attached hydrogen (secondary N) is 1. The lowest BCUT2D eigenvalue weighted by molar-refractivity contribution is 0.0955. The number of halogens is 1. The van der Waals surface area contributed by atoms with Crippen LogP contribution in [-0.2, 0) is 6.61 Å². The standard InChI is InChI=1S/C23H21ClN2O3/c1-16-8-10-17(11-9-16)15-29-22-20(24)12-18(13-21(22)28-2)14-25-26-23(27)19-6-4-3-5-7-19/h3-14H,15H2,1-2H3,(H,26,27)/b25-14-. The van der Waals surface area contributed by atoms with Gasteiger partial charge in [0.25, 0.3) is 5.91 Å². The highest BCUT2D eigenvalue weighted by molar-refractivity contribution is 6.32. The fourth-order valence-corrected chi connectivity index (χ4v) is 2.89. The molecule has 29 heavy (non-hydrogen) atoms. The van der Waals surface area contributed by atoms with Crippen molar-refractivity contribution < 1.29 is 14.3 Å². The van der Waals surface area contributed by atoms with Gasteiger partial charge in [-0.15, -0.1) is 0 Å². The molecule has 0 aliphatic rings. The molecule has 3 rings (SSSR count). The molecule has 0 aliphatic carbocycles. The van der Waals surface area contributed by atoms with Crippen LogP contribution in [-0.4, -0.2) is 19.2 Å². The van der Waals surface area contributed by atoms with E-state index >= 15 is 0 Å². The highest BCUT2D eigenvalue weighted by Gasteiger charge is 2.12. The number of rotatable bonds is 7. The van der Waals surface area contributed by atoms with Gasteiger partial charge in [0.1, 0.15) is 6.61 Å². The summed E-state index contributed by atoms with van der Waals surface area (Å²) >= 11 is 6.39. The monoisotopic (exact) mass is 408 g/mol. The maximum Gasteiger partial charge on any atom is 0.271 e. The first-order chi connectivity index (χ1) is 14.1. The quantitative estimate of drug-likeness (QED) is 0.442. The van der Waals surface area contributed by atoms with Crippen LogP contribution in [0, 0.1) is 6.92 Å². The largest absolute Gasteiger partial charge is 0.493 e. The van der Waals surface area contributed by atoms with Crippen LogP contribution in [0.4, 0.5) is 0 Å². The van der Waals surface area contributed by atoms with Crippen molar-refractivity contribution in [2.45, 2.75) is 13.5 Å². The summed E-state index contributed by atoms with van der Waals surface area (Å²) in [7, 11) is 1.54. The van der Waals surface area contributed by atoms with Crippen molar-refractivity contribution in [1.82, 2.24) is 5.43 Å². The lowest BCUT2D eigenvalue weighted by atomic mass is 10.1. The number of aryl methyl sites for hydroxylation is 1. The third-order valence-electron chi connectivity index (χ3n) is 4.17. The third-order valence-corrected chi connectivity index (χ3v) is 4.45. The lowest BCUT2D eigenvalue weighted by Gasteiger charge is -2.13. The summed E-state index contributed by atoms with van der Waals surface area (Å²) in [4.78, 5) is 12.0. The number of methoxy groups -OCH3 is 1. The van der Waals surface area contributed by atoms with Gasteiger partial charge in [-0.05, 0) is 42.3 Å². The molecule has 148 valence electrons.